The van der Waals surface area contributed by atoms with Crippen LogP contribution in [-0.4, -0.2) is 29.6 Å². The Hall–Kier alpha value is -2.60. The number of anilines is 1. The second kappa shape index (κ2) is 8.67. The summed E-state index contributed by atoms with van der Waals surface area (Å²) in [6.45, 7) is 7.01. The third-order valence-corrected chi connectivity index (χ3v) is 3.93. The van der Waals surface area contributed by atoms with Gasteiger partial charge in [0.25, 0.3) is 5.91 Å². The largest absolute Gasteiger partial charge is 0.481 e. The van der Waals surface area contributed by atoms with Crippen molar-refractivity contribution in [3.63, 3.8) is 0 Å². The minimum absolute atomic E-state index is 0.160. The molecule has 0 aliphatic carbocycles. The van der Waals surface area contributed by atoms with E-state index in [0.29, 0.717) is 11.4 Å². The lowest BCUT2D eigenvalue weighted by molar-refractivity contribution is -0.155. The molecule has 2 rings (SSSR count). The van der Waals surface area contributed by atoms with Crippen molar-refractivity contribution in [3.8, 4) is 5.75 Å². The van der Waals surface area contributed by atoms with Gasteiger partial charge >= 0.3 is 5.97 Å². The first-order chi connectivity index (χ1) is 12.3. The molecule has 6 nitrogen and oxygen atoms in total. The number of rotatable bonds is 6. The van der Waals surface area contributed by atoms with Gasteiger partial charge in [-0.2, -0.15) is 0 Å². The number of halogens is 1. The second-order valence-electron chi connectivity index (χ2n) is 5.98. The summed E-state index contributed by atoms with van der Waals surface area (Å²) in [6.07, 6.45) is 0.510. The van der Waals surface area contributed by atoms with Gasteiger partial charge in [-0.05, 0) is 51.0 Å². The van der Waals surface area contributed by atoms with Crippen LogP contribution in [0.3, 0.4) is 0 Å². The Morgan fingerprint density at radius 2 is 1.88 bits per heavy atom. The zero-order valence-corrected chi connectivity index (χ0v) is 15.9. The van der Waals surface area contributed by atoms with Gasteiger partial charge in [-0.25, -0.2) is 9.78 Å². The third kappa shape index (κ3) is 5.20. The molecule has 0 saturated heterocycles. The quantitative estimate of drug-likeness (QED) is 0.615. The number of pyridine rings is 1. The molecule has 1 atom stereocenters. The fourth-order valence-electron chi connectivity index (χ4n) is 2.52. The molecule has 1 aromatic carbocycles. The highest BCUT2D eigenvalue weighted by molar-refractivity contribution is 6.32. The normalized spacial score (nSPS) is 11.6. The molecule has 1 aromatic heterocycles. The third-order valence-electron chi connectivity index (χ3n) is 3.63. The van der Waals surface area contributed by atoms with Crippen LogP contribution in [0.2, 0.25) is 5.15 Å². The highest BCUT2D eigenvalue weighted by Gasteiger charge is 2.19. The first-order valence-electron chi connectivity index (χ1n) is 8.09. The molecule has 7 heteroatoms. The Labute approximate surface area is 157 Å². The molecule has 0 radical (unpaired) electrons. The Bertz CT molecular complexity index is 800. The zero-order valence-electron chi connectivity index (χ0n) is 15.1. The van der Waals surface area contributed by atoms with E-state index in [1.807, 2.05) is 32.9 Å². The maximum atomic E-state index is 12.1. The van der Waals surface area contributed by atoms with Crippen molar-refractivity contribution in [3.05, 3.63) is 52.3 Å². The lowest BCUT2D eigenvalue weighted by atomic mass is 10.1. The Morgan fingerprint density at radius 1 is 1.23 bits per heavy atom. The standard InChI is InChI=1S/C19H21ClN2O4/c1-11-8-12(2)17(13(3)9-11)25-10-16(23)26-14(4)19(24)22-15-6-5-7-21-18(15)20/h5-9,14H,10H2,1-4H3,(H,22,24)/t14-/m0/s1. The predicted octanol–water partition coefficient (Wildman–Crippen LogP) is 3.61. The Kier molecular flexibility index (Phi) is 6.58. The van der Waals surface area contributed by atoms with E-state index in [-0.39, 0.29) is 11.8 Å². The van der Waals surface area contributed by atoms with Crippen LogP contribution in [-0.2, 0) is 14.3 Å². The van der Waals surface area contributed by atoms with E-state index < -0.39 is 18.0 Å². The fourth-order valence-corrected chi connectivity index (χ4v) is 2.69. The lowest BCUT2D eigenvalue weighted by Crippen LogP contribution is -2.31. The molecule has 0 aliphatic rings. The van der Waals surface area contributed by atoms with Crippen LogP contribution in [0.4, 0.5) is 5.69 Å². The van der Waals surface area contributed by atoms with Crippen LogP contribution >= 0.6 is 11.6 Å². The van der Waals surface area contributed by atoms with Crippen molar-refractivity contribution >= 4 is 29.2 Å². The van der Waals surface area contributed by atoms with Crippen LogP contribution in [0.25, 0.3) is 0 Å². The van der Waals surface area contributed by atoms with E-state index in [1.54, 1.807) is 12.1 Å². The molecule has 0 spiro atoms. The number of amides is 1. The number of esters is 1. The van der Waals surface area contributed by atoms with Crippen LogP contribution in [0.1, 0.15) is 23.6 Å². The van der Waals surface area contributed by atoms with Crippen molar-refractivity contribution in [1.82, 2.24) is 4.98 Å². The van der Waals surface area contributed by atoms with Crippen molar-refractivity contribution in [2.75, 3.05) is 11.9 Å². The van der Waals surface area contributed by atoms with Crippen molar-refractivity contribution in [1.29, 1.82) is 0 Å². The molecular weight excluding hydrogens is 356 g/mol. The van der Waals surface area contributed by atoms with Gasteiger partial charge in [0.05, 0.1) is 5.69 Å². The number of nitrogens with zero attached hydrogens (tertiary/aromatic N) is 1. The topological polar surface area (TPSA) is 77.5 Å². The molecule has 0 saturated carbocycles. The number of aryl methyl sites for hydroxylation is 3. The molecule has 138 valence electrons. The molecule has 0 bridgehead atoms. The average Bonchev–Trinajstić information content (AvgIpc) is 2.55. The maximum absolute atomic E-state index is 12.1. The van der Waals surface area contributed by atoms with Crippen molar-refractivity contribution < 1.29 is 19.1 Å². The summed E-state index contributed by atoms with van der Waals surface area (Å²) in [4.78, 5) is 27.9. The molecule has 0 fully saturated rings. The van der Waals surface area contributed by atoms with Crippen LogP contribution in [0.5, 0.6) is 5.75 Å². The number of nitrogens with one attached hydrogen (secondary N) is 1. The van der Waals surface area contributed by atoms with Gasteiger partial charge in [-0.1, -0.05) is 29.3 Å². The van der Waals surface area contributed by atoms with Gasteiger partial charge in [0.1, 0.15) is 5.75 Å². The number of aromatic nitrogens is 1. The number of hydrogen-bond acceptors (Lipinski definition) is 5. The number of hydrogen-bond donors (Lipinski definition) is 1. The first kappa shape index (κ1) is 19.7. The zero-order chi connectivity index (χ0) is 19.3. The van der Waals surface area contributed by atoms with Crippen molar-refractivity contribution in [2.45, 2.75) is 33.8 Å². The van der Waals surface area contributed by atoms with Crippen LogP contribution in [0.15, 0.2) is 30.5 Å². The summed E-state index contributed by atoms with van der Waals surface area (Å²) in [5, 5.41) is 2.72. The number of carbonyl (C=O) groups excluding carboxylic acids is 2. The molecule has 0 unspecified atom stereocenters. The molecule has 1 amide bonds. The molecule has 1 N–H and O–H groups in total. The van der Waals surface area contributed by atoms with E-state index in [9.17, 15) is 9.59 Å². The van der Waals surface area contributed by atoms with Gasteiger partial charge in [0, 0.05) is 6.20 Å². The summed E-state index contributed by atoms with van der Waals surface area (Å²) < 4.78 is 10.7. The van der Waals surface area contributed by atoms with Gasteiger partial charge in [0.2, 0.25) is 0 Å². The molecule has 26 heavy (non-hydrogen) atoms. The van der Waals surface area contributed by atoms with Gasteiger partial charge < -0.3 is 14.8 Å². The first-order valence-corrected chi connectivity index (χ1v) is 8.47. The van der Waals surface area contributed by atoms with Gasteiger partial charge in [-0.15, -0.1) is 0 Å². The SMILES string of the molecule is Cc1cc(C)c(OCC(=O)O[C@@H](C)C(=O)Nc2cccnc2Cl)c(C)c1. The highest BCUT2D eigenvalue weighted by Crippen LogP contribution is 2.24. The van der Waals surface area contributed by atoms with E-state index in [4.69, 9.17) is 21.1 Å². The van der Waals surface area contributed by atoms with E-state index in [0.717, 1.165) is 16.7 Å². The van der Waals surface area contributed by atoms with E-state index >= 15 is 0 Å². The van der Waals surface area contributed by atoms with E-state index in [2.05, 4.69) is 10.3 Å². The summed E-state index contributed by atoms with van der Waals surface area (Å²) in [5.74, 6) is -0.493. The van der Waals surface area contributed by atoms with Crippen LogP contribution in [0, 0.1) is 20.8 Å². The molecule has 2 aromatic rings. The second-order valence-corrected chi connectivity index (χ2v) is 6.34. The average molecular weight is 377 g/mol. The van der Waals surface area contributed by atoms with Gasteiger partial charge in [-0.3, -0.25) is 4.79 Å². The predicted molar refractivity (Wildman–Crippen MR) is 99.6 cm³/mol. The molecular formula is C19H21ClN2O4. The number of carbonyl (C=O) groups is 2. The smallest absolute Gasteiger partial charge is 0.344 e. The minimum atomic E-state index is -0.998. The summed E-state index contributed by atoms with van der Waals surface area (Å²) in [6, 6.07) is 7.19. The van der Waals surface area contributed by atoms with Gasteiger partial charge in [0.15, 0.2) is 17.9 Å². The maximum Gasteiger partial charge on any atom is 0.344 e. The molecule has 0 aliphatic heterocycles. The monoisotopic (exact) mass is 376 g/mol. The summed E-state index contributed by atoms with van der Waals surface area (Å²) in [5.41, 5.74) is 3.35. The fraction of sp³-hybridized carbons (Fsp3) is 0.316. The number of benzene rings is 1. The van der Waals surface area contributed by atoms with Crippen LogP contribution < -0.4 is 10.1 Å². The Morgan fingerprint density at radius 3 is 2.50 bits per heavy atom. The van der Waals surface area contributed by atoms with Crippen molar-refractivity contribution in [2.24, 2.45) is 0 Å². The summed E-state index contributed by atoms with van der Waals surface area (Å²) in [7, 11) is 0. The summed E-state index contributed by atoms with van der Waals surface area (Å²) >= 11 is 5.88. The lowest BCUT2D eigenvalue weighted by Gasteiger charge is -2.16. The number of ether oxygens (including phenoxy) is 2. The Balaban J connectivity index is 1.89. The van der Waals surface area contributed by atoms with E-state index in [1.165, 1.54) is 13.1 Å². The highest BCUT2D eigenvalue weighted by atomic mass is 35.5. The minimum Gasteiger partial charge on any atom is -0.481 e. The molecule has 1 heterocycles.